The molecule has 0 saturated carbocycles. The van der Waals surface area contributed by atoms with Crippen LogP contribution >= 0.6 is 22.6 Å². The minimum Gasteiger partial charge on any atom is -0.480 e. The Balaban J connectivity index is 1.99. The minimum absolute atomic E-state index is 0.00891. The zero-order valence-electron chi connectivity index (χ0n) is 16.2. The number of hydrogen-bond acceptors (Lipinski definition) is 5. The highest BCUT2D eigenvalue weighted by molar-refractivity contribution is 14.1. The van der Waals surface area contributed by atoms with Gasteiger partial charge in [0.2, 0.25) is 5.91 Å². The molecule has 0 spiro atoms. The van der Waals surface area contributed by atoms with Crippen molar-refractivity contribution in [3.05, 3.63) is 69.3 Å². The zero-order chi connectivity index (χ0) is 22.1. The second-order valence-electron chi connectivity index (χ2n) is 6.62. The molecule has 0 saturated heterocycles. The number of carboxylic acids is 1. The number of aliphatic carboxylic acids is 1. The molecule has 0 aliphatic carbocycles. The van der Waals surface area contributed by atoms with E-state index < -0.39 is 36.2 Å². The Morgan fingerprint density at radius 2 is 1.67 bits per heavy atom. The number of aliphatic hydroxyl groups excluding tert-OH is 1. The number of ether oxygens (including phenoxy) is 1. The van der Waals surface area contributed by atoms with Gasteiger partial charge in [0.1, 0.15) is 18.7 Å². The first-order chi connectivity index (χ1) is 14.3. The Morgan fingerprint density at radius 3 is 2.27 bits per heavy atom. The van der Waals surface area contributed by atoms with Gasteiger partial charge in [0, 0.05) is 9.99 Å². The van der Waals surface area contributed by atoms with Crippen molar-refractivity contribution < 1.29 is 29.3 Å². The van der Waals surface area contributed by atoms with Crippen LogP contribution in [-0.2, 0) is 27.4 Å². The van der Waals surface area contributed by atoms with E-state index in [9.17, 15) is 24.6 Å². The highest BCUT2D eigenvalue weighted by atomic mass is 127. The molecule has 0 heterocycles. The summed E-state index contributed by atoms with van der Waals surface area (Å²) in [7, 11) is 0. The van der Waals surface area contributed by atoms with Crippen LogP contribution in [0.4, 0.5) is 4.79 Å². The summed E-state index contributed by atoms with van der Waals surface area (Å²) in [6, 6.07) is 13.6. The second-order valence-corrected chi connectivity index (χ2v) is 7.78. The lowest BCUT2D eigenvalue weighted by Crippen LogP contribution is -2.56. The fourth-order valence-corrected chi connectivity index (χ4v) is 3.25. The highest BCUT2D eigenvalue weighted by Crippen LogP contribution is 2.14. The van der Waals surface area contributed by atoms with Gasteiger partial charge in [0.05, 0.1) is 6.10 Å². The number of carbonyl (C=O) groups is 3. The van der Waals surface area contributed by atoms with E-state index in [4.69, 9.17) is 4.74 Å². The van der Waals surface area contributed by atoms with E-state index in [1.165, 1.54) is 6.92 Å². The average Bonchev–Trinajstić information content (AvgIpc) is 2.71. The van der Waals surface area contributed by atoms with E-state index >= 15 is 0 Å². The van der Waals surface area contributed by atoms with Gasteiger partial charge in [-0.3, -0.25) is 4.79 Å². The van der Waals surface area contributed by atoms with Gasteiger partial charge in [-0.2, -0.15) is 0 Å². The first kappa shape index (κ1) is 23.6. The van der Waals surface area contributed by atoms with Crippen LogP contribution in [0.1, 0.15) is 18.1 Å². The minimum atomic E-state index is -1.37. The Morgan fingerprint density at radius 1 is 1.03 bits per heavy atom. The van der Waals surface area contributed by atoms with Crippen LogP contribution in [0.3, 0.4) is 0 Å². The van der Waals surface area contributed by atoms with E-state index in [2.05, 4.69) is 33.2 Å². The van der Waals surface area contributed by atoms with Gasteiger partial charge >= 0.3 is 12.1 Å². The molecule has 0 fully saturated rings. The molecule has 0 aliphatic rings. The van der Waals surface area contributed by atoms with Crippen LogP contribution in [0.5, 0.6) is 0 Å². The highest BCUT2D eigenvalue weighted by Gasteiger charge is 2.30. The van der Waals surface area contributed by atoms with Crippen molar-refractivity contribution in [2.24, 2.45) is 0 Å². The van der Waals surface area contributed by atoms with Crippen molar-refractivity contribution >= 4 is 40.6 Å². The zero-order valence-corrected chi connectivity index (χ0v) is 18.4. The number of amides is 2. The van der Waals surface area contributed by atoms with E-state index in [0.29, 0.717) is 0 Å². The molecule has 8 nitrogen and oxygen atoms in total. The predicted octanol–water partition coefficient (Wildman–Crippen LogP) is 2.08. The molecule has 3 atom stereocenters. The molecule has 0 unspecified atom stereocenters. The lowest BCUT2D eigenvalue weighted by atomic mass is 10.0. The van der Waals surface area contributed by atoms with E-state index in [0.717, 1.165) is 14.7 Å². The van der Waals surface area contributed by atoms with Gasteiger partial charge in [-0.15, -0.1) is 0 Å². The van der Waals surface area contributed by atoms with E-state index in [-0.39, 0.29) is 13.0 Å². The average molecular weight is 526 g/mol. The summed E-state index contributed by atoms with van der Waals surface area (Å²) in [6.45, 7) is 1.31. The van der Waals surface area contributed by atoms with Gasteiger partial charge in [0.25, 0.3) is 0 Å². The number of halogens is 1. The molecule has 4 N–H and O–H groups in total. The molecule has 2 aromatic rings. The third-order valence-electron chi connectivity index (χ3n) is 4.25. The van der Waals surface area contributed by atoms with Crippen LogP contribution in [0.2, 0.25) is 0 Å². The Hall–Kier alpha value is -2.66. The number of benzene rings is 2. The fraction of sp³-hybridized carbons (Fsp3) is 0.286. The molecule has 0 bridgehead atoms. The summed E-state index contributed by atoms with van der Waals surface area (Å²) in [6.07, 6.45) is -2.10. The van der Waals surface area contributed by atoms with E-state index in [1.54, 1.807) is 36.4 Å². The van der Waals surface area contributed by atoms with Gasteiger partial charge in [0.15, 0.2) is 0 Å². The molecule has 9 heteroatoms. The molecular formula is C21H23IN2O6. The van der Waals surface area contributed by atoms with Crippen LogP contribution in [0.25, 0.3) is 0 Å². The third-order valence-corrected chi connectivity index (χ3v) is 5.30. The van der Waals surface area contributed by atoms with E-state index in [1.807, 2.05) is 18.2 Å². The largest absolute Gasteiger partial charge is 0.480 e. The summed E-state index contributed by atoms with van der Waals surface area (Å²) in [5, 5.41) is 24.1. The predicted molar refractivity (Wildman–Crippen MR) is 118 cm³/mol. The lowest BCUT2D eigenvalue weighted by molar-refractivity contribution is -0.142. The number of carboxylic acid groups (broad SMARTS) is 1. The number of hydrogen-bond donors (Lipinski definition) is 4. The molecule has 30 heavy (non-hydrogen) atoms. The maximum Gasteiger partial charge on any atom is 0.408 e. The standard InChI is InChI=1S/C21H23IN2O6/c1-13(25)18(24-21(29)30-12-14-7-3-2-4-8-14)19(26)23-17(20(27)28)11-15-9-5-6-10-16(15)22/h2-10,13,17-18,25H,11-12H2,1H3,(H,23,26)(H,24,29)(H,27,28)/t13-,17-,18+/m1/s1. The van der Waals surface area contributed by atoms with Crippen molar-refractivity contribution in [2.75, 3.05) is 0 Å². The molecule has 2 rings (SSSR count). The number of alkyl carbamates (subject to hydrolysis) is 1. The number of rotatable bonds is 9. The summed E-state index contributed by atoms with van der Waals surface area (Å²) in [5.41, 5.74) is 1.52. The van der Waals surface area contributed by atoms with Crippen LogP contribution in [0, 0.1) is 3.57 Å². The van der Waals surface area contributed by atoms with Gasteiger partial charge in [-0.1, -0.05) is 48.5 Å². The molecule has 0 aromatic heterocycles. The van der Waals surface area contributed by atoms with Crippen molar-refractivity contribution in [2.45, 2.75) is 38.1 Å². The lowest BCUT2D eigenvalue weighted by Gasteiger charge is -2.23. The first-order valence-corrected chi connectivity index (χ1v) is 10.3. The fourth-order valence-electron chi connectivity index (χ4n) is 2.64. The number of nitrogens with one attached hydrogen (secondary N) is 2. The van der Waals surface area contributed by atoms with Crippen LogP contribution < -0.4 is 10.6 Å². The number of carbonyl (C=O) groups excluding carboxylic acids is 2. The molecule has 2 amide bonds. The SMILES string of the molecule is C[C@@H](O)[C@H](NC(=O)OCc1ccccc1)C(=O)N[C@H](Cc1ccccc1I)C(=O)O. The topological polar surface area (TPSA) is 125 Å². The molecule has 0 radical (unpaired) electrons. The second kappa shape index (κ2) is 11.5. The van der Waals surface area contributed by atoms with Gasteiger partial charge < -0.3 is 25.6 Å². The molecule has 160 valence electrons. The van der Waals surface area contributed by atoms with Crippen LogP contribution in [-0.4, -0.2) is 46.4 Å². The summed E-state index contributed by atoms with van der Waals surface area (Å²) in [4.78, 5) is 36.3. The maximum atomic E-state index is 12.6. The normalized spacial score (nSPS) is 13.6. The van der Waals surface area contributed by atoms with Crippen molar-refractivity contribution in [1.82, 2.24) is 10.6 Å². The number of aliphatic hydroxyl groups is 1. The van der Waals surface area contributed by atoms with Gasteiger partial charge in [-0.25, -0.2) is 9.59 Å². The summed E-state index contributed by atoms with van der Waals surface area (Å²) in [5.74, 6) is -2.04. The van der Waals surface area contributed by atoms with Crippen molar-refractivity contribution in [3.63, 3.8) is 0 Å². The van der Waals surface area contributed by atoms with Gasteiger partial charge in [-0.05, 0) is 46.7 Å². The monoisotopic (exact) mass is 526 g/mol. The summed E-state index contributed by atoms with van der Waals surface area (Å²) >= 11 is 2.09. The Bertz CT molecular complexity index is 875. The molecule has 0 aliphatic heterocycles. The van der Waals surface area contributed by atoms with Crippen LogP contribution in [0.15, 0.2) is 54.6 Å². The Kier molecular flexibility index (Phi) is 9.06. The first-order valence-electron chi connectivity index (χ1n) is 9.19. The quantitative estimate of drug-likeness (QED) is 0.371. The van der Waals surface area contributed by atoms with Crippen molar-refractivity contribution in [1.29, 1.82) is 0 Å². The Labute approximate surface area is 187 Å². The molecule has 2 aromatic carbocycles. The smallest absolute Gasteiger partial charge is 0.408 e. The summed E-state index contributed by atoms with van der Waals surface area (Å²) < 4.78 is 5.93. The van der Waals surface area contributed by atoms with Crippen molar-refractivity contribution in [3.8, 4) is 0 Å². The maximum absolute atomic E-state index is 12.6. The molecular weight excluding hydrogens is 503 g/mol. The third kappa shape index (κ3) is 7.30.